The predicted octanol–water partition coefficient (Wildman–Crippen LogP) is 2.61. The van der Waals surface area contributed by atoms with Gasteiger partial charge in [0.05, 0.1) is 0 Å². The number of aliphatic hydroxyl groups is 1. The van der Waals surface area contributed by atoms with Crippen LogP contribution in [-0.4, -0.2) is 42.4 Å². The normalized spacial score (nSPS) is 20.4. The van der Waals surface area contributed by atoms with E-state index < -0.39 is 0 Å². The molecule has 1 atom stereocenters. The first-order valence-corrected chi connectivity index (χ1v) is 7.34. The van der Waals surface area contributed by atoms with Gasteiger partial charge >= 0.3 is 0 Å². The van der Waals surface area contributed by atoms with Crippen molar-refractivity contribution in [2.24, 2.45) is 0 Å². The summed E-state index contributed by atoms with van der Waals surface area (Å²) in [7, 11) is 0. The van der Waals surface area contributed by atoms with Gasteiger partial charge in [-0.1, -0.05) is 18.6 Å². The Morgan fingerprint density at radius 3 is 3.05 bits per heavy atom. The van der Waals surface area contributed by atoms with E-state index in [0.29, 0.717) is 12.6 Å². The molecule has 0 amide bonds. The summed E-state index contributed by atoms with van der Waals surface area (Å²) in [5, 5.41) is 9.11. The zero-order chi connectivity index (χ0) is 13.5. The van der Waals surface area contributed by atoms with E-state index in [0.717, 1.165) is 31.9 Å². The largest absolute Gasteiger partial charge is 0.492 e. The summed E-state index contributed by atoms with van der Waals surface area (Å²) >= 11 is 0. The Morgan fingerprint density at radius 1 is 1.37 bits per heavy atom. The lowest BCUT2D eigenvalue weighted by Crippen LogP contribution is -2.42. The number of rotatable bonds is 6. The highest BCUT2D eigenvalue weighted by Gasteiger charge is 2.21. The van der Waals surface area contributed by atoms with Crippen molar-refractivity contribution in [3.8, 4) is 5.75 Å². The van der Waals surface area contributed by atoms with Gasteiger partial charge in [0, 0.05) is 19.2 Å². The van der Waals surface area contributed by atoms with E-state index in [9.17, 15) is 0 Å². The molecule has 1 aromatic rings. The molecule has 1 aliphatic rings. The minimum atomic E-state index is 0.292. The molecule has 0 bridgehead atoms. The standard InChI is InChI=1S/C16H25NO2/c1-14-5-4-7-16(13-14)19-12-10-17-9-3-2-6-15(17)8-11-18/h4-5,7,13,15,18H,2-3,6,8-12H2,1H3. The zero-order valence-corrected chi connectivity index (χ0v) is 11.8. The second-order valence-electron chi connectivity index (χ2n) is 5.36. The molecule has 0 radical (unpaired) electrons. The molecule has 1 saturated heterocycles. The van der Waals surface area contributed by atoms with Gasteiger partial charge in [-0.3, -0.25) is 4.90 Å². The Bertz CT molecular complexity index is 379. The van der Waals surface area contributed by atoms with Crippen LogP contribution in [0.25, 0.3) is 0 Å². The highest BCUT2D eigenvalue weighted by molar-refractivity contribution is 5.27. The van der Waals surface area contributed by atoms with Crippen molar-refractivity contribution >= 4 is 0 Å². The molecule has 1 unspecified atom stereocenters. The van der Waals surface area contributed by atoms with Gasteiger partial charge in [-0.25, -0.2) is 0 Å². The summed E-state index contributed by atoms with van der Waals surface area (Å²) in [6.07, 6.45) is 4.67. The molecule has 2 rings (SSSR count). The molecule has 106 valence electrons. The molecule has 0 aromatic heterocycles. The number of aryl methyl sites for hydroxylation is 1. The van der Waals surface area contributed by atoms with Crippen LogP contribution < -0.4 is 4.74 Å². The van der Waals surface area contributed by atoms with Gasteiger partial charge in [0.1, 0.15) is 12.4 Å². The van der Waals surface area contributed by atoms with Crippen molar-refractivity contribution in [1.29, 1.82) is 0 Å². The zero-order valence-electron chi connectivity index (χ0n) is 11.8. The fourth-order valence-electron chi connectivity index (χ4n) is 2.82. The highest BCUT2D eigenvalue weighted by atomic mass is 16.5. The first-order chi connectivity index (χ1) is 9.29. The van der Waals surface area contributed by atoms with E-state index >= 15 is 0 Å². The van der Waals surface area contributed by atoms with Crippen molar-refractivity contribution in [2.75, 3.05) is 26.3 Å². The second-order valence-corrected chi connectivity index (χ2v) is 5.36. The van der Waals surface area contributed by atoms with Crippen LogP contribution in [0.4, 0.5) is 0 Å². The van der Waals surface area contributed by atoms with E-state index in [2.05, 4.69) is 24.0 Å². The van der Waals surface area contributed by atoms with Gasteiger partial charge in [0.2, 0.25) is 0 Å². The molecular formula is C16H25NO2. The summed E-state index contributed by atoms with van der Waals surface area (Å²) in [5.41, 5.74) is 1.23. The van der Waals surface area contributed by atoms with E-state index in [1.54, 1.807) is 0 Å². The maximum atomic E-state index is 9.11. The van der Waals surface area contributed by atoms with Crippen LogP contribution in [0.5, 0.6) is 5.75 Å². The van der Waals surface area contributed by atoms with E-state index in [4.69, 9.17) is 9.84 Å². The Labute approximate surface area is 116 Å². The van der Waals surface area contributed by atoms with Crippen molar-refractivity contribution in [2.45, 2.75) is 38.6 Å². The molecule has 1 heterocycles. The maximum Gasteiger partial charge on any atom is 0.119 e. The molecule has 0 spiro atoms. The molecule has 1 aromatic carbocycles. The molecule has 0 saturated carbocycles. The molecule has 1 aliphatic heterocycles. The third-order valence-electron chi connectivity index (χ3n) is 3.85. The molecule has 1 N–H and O–H groups in total. The number of ether oxygens (including phenoxy) is 1. The Kier molecular flexibility index (Phi) is 5.67. The Hall–Kier alpha value is -1.06. The van der Waals surface area contributed by atoms with Crippen molar-refractivity contribution in [3.63, 3.8) is 0 Å². The number of aliphatic hydroxyl groups excluding tert-OH is 1. The molecule has 3 heteroatoms. The Morgan fingerprint density at radius 2 is 2.26 bits per heavy atom. The first-order valence-electron chi connectivity index (χ1n) is 7.34. The van der Waals surface area contributed by atoms with Gasteiger partial charge < -0.3 is 9.84 Å². The fourth-order valence-corrected chi connectivity index (χ4v) is 2.82. The third kappa shape index (κ3) is 4.51. The van der Waals surface area contributed by atoms with E-state index in [-0.39, 0.29) is 0 Å². The molecule has 19 heavy (non-hydrogen) atoms. The van der Waals surface area contributed by atoms with Crippen LogP contribution in [0, 0.1) is 6.92 Å². The second kappa shape index (κ2) is 7.51. The lowest BCUT2D eigenvalue weighted by atomic mass is 10.00. The highest BCUT2D eigenvalue weighted by Crippen LogP contribution is 2.19. The minimum Gasteiger partial charge on any atom is -0.492 e. The first kappa shape index (κ1) is 14.4. The lowest BCUT2D eigenvalue weighted by Gasteiger charge is -2.35. The summed E-state index contributed by atoms with van der Waals surface area (Å²) in [5.74, 6) is 0.954. The topological polar surface area (TPSA) is 32.7 Å². The number of hydrogen-bond acceptors (Lipinski definition) is 3. The van der Waals surface area contributed by atoms with E-state index in [1.165, 1.54) is 24.8 Å². The SMILES string of the molecule is Cc1cccc(OCCN2CCCCC2CCO)c1. The number of benzene rings is 1. The third-order valence-corrected chi connectivity index (χ3v) is 3.85. The van der Waals surface area contributed by atoms with Crippen molar-refractivity contribution < 1.29 is 9.84 Å². The predicted molar refractivity (Wildman–Crippen MR) is 77.6 cm³/mol. The van der Waals surface area contributed by atoms with Crippen LogP contribution in [-0.2, 0) is 0 Å². The number of nitrogens with zero attached hydrogens (tertiary/aromatic N) is 1. The smallest absolute Gasteiger partial charge is 0.119 e. The van der Waals surface area contributed by atoms with Gasteiger partial charge in [0.15, 0.2) is 0 Å². The molecule has 3 nitrogen and oxygen atoms in total. The summed E-state index contributed by atoms with van der Waals surface area (Å²) < 4.78 is 5.81. The molecule has 0 aliphatic carbocycles. The van der Waals surface area contributed by atoms with Crippen LogP contribution in [0.3, 0.4) is 0 Å². The number of piperidine rings is 1. The van der Waals surface area contributed by atoms with Crippen LogP contribution in [0.1, 0.15) is 31.2 Å². The maximum absolute atomic E-state index is 9.11. The van der Waals surface area contributed by atoms with Crippen LogP contribution in [0.15, 0.2) is 24.3 Å². The molecular weight excluding hydrogens is 238 g/mol. The average molecular weight is 263 g/mol. The average Bonchev–Trinajstić information content (AvgIpc) is 2.41. The monoisotopic (exact) mass is 263 g/mol. The van der Waals surface area contributed by atoms with Crippen molar-refractivity contribution in [3.05, 3.63) is 29.8 Å². The molecule has 1 fully saturated rings. The number of hydrogen-bond donors (Lipinski definition) is 1. The minimum absolute atomic E-state index is 0.292. The quantitative estimate of drug-likeness (QED) is 0.856. The Balaban J connectivity index is 1.77. The number of likely N-dealkylation sites (tertiary alicyclic amines) is 1. The van der Waals surface area contributed by atoms with E-state index in [1.807, 2.05) is 12.1 Å². The van der Waals surface area contributed by atoms with Crippen LogP contribution >= 0.6 is 0 Å². The van der Waals surface area contributed by atoms with Crippen LogP contribution in [0.2, 0.25) is 0 Å². The van der Waals surface area contributed by atoms with Gasteiger partial charge in [-0.05, 0) is 50.4 Å². The summed E-state index contributed by atoms with van der Waals surface area (Å²) in [6.45, 7) is 5.19. The lowest BCUT2D eigenvalue weighted by molar-refractivity contribution is 0.102. The van der Waals surface area contributed by atoms with Gasteiger partial charge in [-0.15, -0.1) is 0 Å². The van der Waals surface area contributed by atoms with Gasteiger partial charge in [-0.2, -0.15) is 0 Å². The van der Waals surface area contributed by atoms with Crippen molar-refractivity contribution in [1.82, 2.24) is 4.90 Å². The summed E-state index contributed by atoms with van der Waals surface area (Å²) in [4.78, 5) is 2.47. The fraction of sp³-hybridized carbons (Fsp3) is 0.625. The van der Waals surface area contributed by atoms with Gasteiger partial charge in [0.25, 0.3) is 0 Å². The summed E-state index contributed by atoms with van der Waals surface area (Å²) in [6, 6.07) is 8.73.